The molecule has 0 heteroatoms. The highest BCUT2D eigenvalue weighted by molar-refractivity contribution is 5.64. The Kier molecular flexibility index (Phi) is 6.99. The van der Waals surface area contributed by atoms with Crippen molar-refractivity contribution in [3.05, 3.63) is 119 Å². The summed E-state index contributed by atoms with van der Waals surface area (Å²) >= 11 is 0. The maximum absolute atomic E-state index is 2.29. The Bertz CT molecular complexity index is 1070. The summed E-state index contributed by atoms with van der Waals surface area (Å²) in [5.41, 5.74) is 10.8. The van der Waals surface area contributed by atoms with Crippen LogP contribution >= 0.6 is 0 Å². The minimum absolute atomic E-state index is 1.09. The van der Waals surface area contributed by atoms with E-state index < -0.39 is 0 Å². The van der Waals surface area contributed by atoms with Crippen LogP contribution in [0.5, 0.6) is 0 Å². The van der Waals surface area contributed by atoms with Gasteiger partial charge in [-0.2, -0.15) is 0 Å². The fourth-order valence-corrected chi connectivity index (χ4v) is 4.06. The van der Waals surface area contributed by atoms with Gasteiger partial charge in [0.15, 0.2) is 0 Å². The lowest BCUT2D eigenvalue weighted by Crippen LogP contribution is -1.90. The van der Waals surface area contributed by atoms with Crippen LogP contribution in [0.4, 0.5) is 0 Å². The average molecular weight is 405 g/mol. The van der Waals surface area contributed by atoms with E-state index in [0.29, 0.717) is 0 Å². The Morgan fingerprint density at radius 3 is 1.10 bits per heavy atom. The Balaban J connectivity index is 1.25. The number of unbranched alkanes of at least 4 members (excludes halogenated alkanes) is 1. The van der Waals surface area contributed by atoms with Gasteiger partial charge in [-0.15, -0.1) is 0 Å². The molecule has 0 saturated heterocycles. The van der Waals surface area contributed by atoms with Gasteiger partial charge >= 0.3 is 0 Å². The second kappa shape index (κ2) is 10.3. The van der Waals surface area contributed by atoms with Gasteiger partial charge in [0.25, 0.3) is 0 Å². The smallest absolute Gasteiger partial charge is 0.0184 e. The maximum atomic E-state index is 2.29. The van der Waals surface area contributed by atoms with Crippen molar-refractivity contribution in [3.8, 4) is 22.3 Å². The highest BCUT2D eigenvalue weighted by Gasteiger charge is 2.01. The summed E-state index contributed by atoms with van der Waals surface area (Å²) in [6.07, 6.45) is 5.84. The second-order valence-electron chi connectivity index (χ2n) is 8.52. The van der Waals surface area contributed by atoms with Gasteiger partial charge in [0.05, 0.1) is 0 Å². The van der Waals surface area contributed by atoms with Crippen molar-refractivity contribution < 1.29 is 0 Å². The van der Waals surface area contributed by atoms with Gasteiger partial charge < -0.3 is 0 Å². The molecule has 0 fully saturated rings. The lowest BCUT2D eigenvalue weighted by atomic mass is 9.98. The quantitative estimate of drug-likeness (QED) is 0.258. The minimum Gasteiger partial charge on any atom is -0.0613 e. The Labute approximate surface area is 187 Å². The molecule has 0 aliphatic heterocycles. The first-order valence-corrected chi connectivity index (χ1v) is 11.6. The standard InChI is InChI=1S/C31H32/c1-3-25-10-18-29(19-11-25)31-22-14-27(15-23-31)7-5-4-6-26-12-20-30(21-13-26)28-16-8-24(2)9-17-28/h8-23H,3-7H2,1-2H3. The Morgan fingerprint density at radius 1 is 0.419 bits per heavy atom. The molecule has 0 bridgehead atoms. The van der Waals surface area contributed by atoms with Crippen molar-refractivity contribution in [2.24, 2.45) is 0 Å². The molecule has 0 radical (unpaired) electrons. The number of hydrogen-bond acceptors (Lipinski definition) is 0. The fourth-order valence-electron chi connectivity index (χ4n) is 4.06. The van der Waals surface area contributed by atoms with Crippen LogP contribution in [-0.2, 0) is 19.3 Å². The van der Waals surface area contributed by atoms with Crippen molar-refractivity contribution in [1.82, 2.24) is 0 Å². The molecule has 0 aliphatic rings. The van der Waals surface area contributed by atoms with Gasteiger partial charge in [-0.1, -0.05) is 110 Å². The van der Waals surface area contributed by atoms with Gasteiger partial charge in [-0.3, -0.25) is 0 Å². The summed E-state index contributed by atoms with van der Waals surface area (Å²) in [5.74, 6) is 0. The molecule has 31 heavy (non-hydrogen) atoms. The first kappa shape index (κ1) is 21.1. The molecule has 0 nitrogen and oxygen atoms in total. The molecule has 4 aromatic rings. The molecule has 4 rings (SSSR count). The maximum Gasteiger partial charge on any atom is -0.0184 e. The van der Waals surface area contributed by atoms with Crippen LogP contribution in [0.1, 0.15) is 42.0 Å². The van der Waals surface area contributed by atoms with Crippen LogP contribution in [0.3, 0.4) is 0 Å². The molecule has 0 saturated carbocycles. The van der Waals surface area contributed by atoms with E-state index in [4.69, 9.17) is 0 Å². The van der Waals surface area contributed by atoms with Crippen LogP contribution in [-0.4, -0.2) is 0 Å². The third-order valence-electron chi connectivity index (χ3n) is 6.17. The van der Waals surface area contributed by atoms with E-state index in [1.165, 1.54) is 57.3 Å². The van der Waals surface area contributed by atoms with Crippen molar-refractivity contribution in [2.75, 3.05) is 0 Å². The van der Waals surface area contributed by atoms with Gasteiger partial charge in [0.2, 0.25) is 0 Å². The van der Waals surface area contributed by atoms with Crippen molar-refractivity contribution in [3.63, 3.8) is 0 Å². The molecule has 0 unspecified atom stereocenters. The minimum atomic E-state index is 1.09. The highest BCUT2D eigenvalue weighted by atomic mass is 14.1. The zero-order chi connectivity index (χ0) is 21.5. The molecule has 0 N–H and O–H groups in total. The molecule has 0 spiro atoms. The molecule has 4 aromatic carbocycles. The summed E-state index contributed by atoms with van der Waals surface area (Å²) in [5, 5.41) is 0. The third kappa shape index (κ3) is 5.73. The normalized spacial score (nSPS) is 10.9. The first-order chi connectivity index (χ1) is 15.2. The van der Waals surface area contributed by atoms with Crippen LogP contribution in [0.25, 0.3) is 22.3 Å². The van der Waals surface area contributed by atoms with Crippen molar-refractivity contribution in [2.45, 2.75) is 46.0 Å². The largest absolute Gasteiger partial charge is 0.0613 e. The summed E-state index contributed by atoms with van der Waals surface area (Å²) in [6.45, 7) is 4.33. The van der Waals surface area contributed by atoms with Gasteiger partial charge in [-0.25, -0.2) is 0 Å². The lowest BCUT2D eigenvalue weighted by molar-refractivity contribution is 0.734. The molecular weight excluding hydrogens is 372 g/mol. The van der Waals surface area contributed by atoms with E-state index in [1.54, 1.807) is 0 Å². The molecule has 0 amide bonds. The van der Waals surface area contributed by atoms with Crippen LogP contribution < -0.4 is 0 Å². The van der Waals surface area contributed by atoms with Gasteiger partial charge in [0, 0.05) is 0 Å². The van der Waals surface area contributed by atoms with E-state index >= 15 is 0 Å². The Hall–Kier alpha value is -3.12. The summed E-state index contributed by atoms with van der Waals surface area (Å²) in [4.78, 5) is 0. The number of aryl methyl sites for hydroxylation is 4. The van der Waals surface area contributed by atoms with Crippen molar-refractivity contribution in [1.29, 1.82) is 0 Å². The average Bonchev–Trinajstić information content (AvgIpc) is 2.83. The van der Waals surface area contributed by atoms with E-state index in [9.17, 15) is 0 Å². The second-order valence-corrected chi connectivity index (χ2v) is 8.52. The zero-order valence-corrected chi connectivity index (χ0v) is 18.8. The molecule has 0 aromatic heterocycles. The number of rotatable bonds is 8. The van der Waals surface area contributed by atoms with Crippen molar-refractivity contribution >= 4 is 0 Å². The monoisotopic (exact) mass is 404 g/mol. The van der Waals surface area contributed by atoms with E-state index in [0.717, 1.165) is 19.3 Å². The zero-order valence-electron chi connectivity index (χ0n) is 18.8. The molecule has 156 valence electrons. The number of hydrogen-bond donors (Lipinski definition) is 0. The molecule has 0 heterocycles. The molecular formula is C31H32. The third-order valence-corrected chi connectivity index (χ3v) is 6.17. The number of benzene rings is 4. The van der Waals surface area contributed by atoms with Crippen LogP contribution in [0, 0.1) is 6.92 Å². The van der Waals surface area contributed by atoms with E-state index in [2.05, 4.69) is 111 Å². The fraction of sp³-hybridized carbons (Fsp3) is 0.226. The van der Waals surface area contributed by atoms with E-state index in [1.807, 2.05) is 0 Å². The summed E-state index contributed by atoms with van der Waals surface area (Å²) in [7, 11) is 0. The molecule has 0 aliphatic carbocycles. The SMILES string of the molecule is CCc1ccc(-c2ccc(CCCCc3ccc(-c4ccc(C)cc4)cc3)cc2)cc1. The Morgan fingerprint density at radius 2 is 0.742 bits per heavy atom. The molecule has 0 atom stereocenters. The first-order valence-electron chi connectivity index (χ1n) is 11.6. The topological polar surface area (TPSA) is 0 Å². The lowest BCUT2D eigenvalue weighted by Gasteiger charge is -2.07. The van der Waals surface area contributed by atoms with E-state index in [-0.39, 0.29) is 0 Å². The summed E-state index contributed by atoms with van der Waals surface area (Å²) < 4.78 is 0. The predicted molar refractivity (Wildman–Crippen MR) is 135 cm³/mol. The van der Waals surface area contributed by atoms with Gasteiger partial charge in [0.1, 0.15) is 0 Å². The predicted octanol–water partition coefficient (Wildman–Crippen LogP) is 8.46. The highest BCUT2D eigenvalue weighted by Crippen LogP contribution is 2.23. The van der Waals surface area contributed by atoms with Crippen LogP contribution in [0.2, 0.25) is 0 Å². The summed E-state index contributed by atoms with van der Waals surface area (Å²) in [6, 6.07) is 35.9. The van der Waals surface area contributed by atoms with Crippen LogP contribution in [0.15, 0.2) is 97.1 Å². The van der Waals surface area contributed by atoms with Gasteiger partial charge in [-0.05, 0) is 78.0 Å².